The number of rotatable bonds is 14. The molecule has 2 heterocycles. The molecule has 1 aliphatic rings. The Morgan fingerprint density at radius 2 is 1.65 bits per heavy atom. The highest BCUT2D eigenvalue weighted by Gasteiger charge is 2.23. The van der Waals surface area contributed by atoms with Gasteiger partial charge in [-0.05, 0) is 56.4 Å². The van der Waals surface area contributed by atoms with Crippen LogP contribution in [0.3, 0.4) is 0 Å². The van der Waals surface area contributed by atoms with E-state index in [1.165, 1.54) is 16.3 Å². The molecule has 2 atom stereocenters. The Morgan fingerprint density at radius 3 is 2.37 bits per heavy atom. The Morgan fingerprint density at radius 1 is 0.922 bits per heavy atom. The Bertz CT molecular complexity index is 1860. The molecule has 1 amide bonds. The summed E-state index contributed by atoms with van der Waals surface area (Å²) >= 11 is 0. The molecule has 0 spiro atoms. The third-order valence-corrected chi connectivity index (χ3v) is 8.96. The average Bonchev–Trinajstić information content (AvgIpc) is 3.70. The van der Waals surface area contributed by atoms with Gasteiger partial charge < -0.3 is 39.8 Å². The Labute approximate surface area is 300 Å². The fourth-order valence-corrected chi connectivity index (χ4v) is 6.16. The first-order valence-corrected chi connectivity index (χ1v) is 17.4. The summed E-state index contributed by atoms with van der Waals surface area (Å²) in [5, 5.41) is 6.02. The standard InChI is InChI=1S/C21H23NO.C19H27N5O4/c1-22(2)20(18-10-4-3-5-11-18)15-16-23-21-14-8-12-17-9-6-7-13-19(17)21;1-24(8-5-7-21-18(25)14-6-4-9-28-14)19-22-13-11-16(27-3)15(26-2)10-12(13)17(20)23-19/h3-14,20H,15-16H2,1-2H3;10-11,14H,4-9H2,1-3H3,(H,21,25)(H2,20,22,23)/t20-;/m0./s1. The molecule has 0 saturated carbocycles. The molecule has 1 aromatic heterocycles. The molecular formula is C40H50N6O5. The molecule has 11 heteroatoms. The van der Waals surface area contributed by atoms with Gasteiger partial charge in [-0.25, -0.2) is 4.98 Å². The zero-order valence-electron chi connectivity index (χ0n) is 30.3. The lowest BCUT2D eigenvalue weighted by Gasteiger charge is -2.25. The number of carbonyl (C=O) groups excluding carboxylic acids is 1. The maximum Gasteiger partial charge on any atom is 0.249 e. The number of carbonyl (C=O) groups is 1. The number of nitrogen functional groups attached to an aromatic ring is 1. The molecule has 3 N–H and O–H groups in total. The summed E-state index contributed by atoms with van der Waals surface area (Å²) in [7, 11) is 9.28. The quantitative estimate of drug-likeness (QED) is 0.129. The Hall–Kier alpha value is -5.13. The summed E-state index contributed by atoms with van der Waals surface area (Å²) in [6, 6.07) is 29.1. The maximum atomic E-state index is 12.0. The van der Waals surface area contributed by atoms with Gasteiger partial charge in [0.05, 0.1) is 26.3 Å². The number of hydrogen-bond acceptors (Lipinski definition) is 10. The van der Waals surface area contributed by atoms with Gasteiger partial charge >= 0.3 is 0 Å². The SMILES string of the molecule is CN(C)[C@@H](CCOc1cccc2ccccc12)c1ccccc1.COc1cc2nc(N(C)CCCNC(=O)C3CCCO3)nc(N)c2cc1OC. The van der Waals surface area contributed by atoms with Crippen molar-refractivity contribution in [3.05, 3.63) is 90.5 Å². The number of aromatic nitrogens is 2. The lowest BCUT2D eigenvalue weighted by molar-refractivity contribution is -0.130. The van der Waals surface area contributed by atoms with Gasteiger partial charge in [0.25, 0.3) is 0 Å². The van der Waals surface area contributed by atoms with E-state index in [9.17, 15) is 4.79 Å². The van der Waals surface area contributed by atoms with E-state index in [0.29, 0.717) is 66.5 Å². The van der Waals surface area contributed by atoms with E-state index >= 15 is 0 Å². The van der Waals surface area contributed by atoms with Crippen LogP contribution in [-0.4, -0.2) is 88.5 Å². The van der Waals surface area contributed by atoms with E-state index in [4.69, 9.17) is 24.7 Å². The minimum absolute atomic E-state index is 0.0348. The average molecular weight is 695 g/mol. The van der Waals surface area contributed by atoms with Gasteiger partial charge in [0.15, 0.2) is 11.5 Å². The highest BCUT2D eigenvalue weighted by molar-refractivity contribution is 5.92. The number of anilines is 2. The number of ether oxygens (including phenoxy) is 4. The minimum Gasteiger partial charge on any atom is -0.493 e. The minimum atomic E-state index is -0.298. The first-order chi connectivity index (χ1) is 24.8. The van der Waals surface area contributed by atoms with E-state index in [0.717, 1.165) is 31.4 Å². The molecular weight excluding hydrogens is 644 g/mol. The van der Waals surface area contributed by atoms with Crippen LogP contribution in [0.15, 0.2) is 84.9 Å². The van der Waals surface area contributed by atoms with Crippen molar-refractivity contribution in [3.63, 3.8) is 0 Å². The second-order valence-corrected chi connectivity index (χ2v) is 12.7. The van der Waals surface area contributed by atoms with Crippen molar-refractivity contribution in [1.29, 1.82) is 0 Å². The summed E-state index contributed by atoms with van der Waals surface area (Å²) in [4.78, 5) is 25.1. The van der Waals surface area contributed by atoms with Crippen molar-refractivity contribution < 1.29 is 23.7 Å². The van der Waals surface area contributed by atoms with Crippen LogP contribution in [0, 0.1) is 0 Å². The van der Waals surface area contributed by atoms with Crippen molar-refractivity contribution in [2.45, 2.75) is 37.8 Å². The number of methoxy groups -OCH3 is 2. The highest BCUT2D eigenvalue weighted by Crippen LogP contribution is 2.34. The number of benzene rings is 4. The van der Waals surface area contributed by atoms with Crippen molar-refractivity contribution in [1.82, 2.24) is 20.2 Å². The lowest BCUT2D eigenvalue weighted by Crippen LogP contribution is -2.36. The summed E-state index contributed by atoms with van der Waals surface area (Å²) in [6.45, 7) is 2.60. The molecule has 1 aliphatic heterocycles. The van der Waals surface area contributed by atoms with Crippen LogP contribution in [0.5, 0.6) is 17.2 Å². The number of hydrogen-bond donors (Lipinski definition) is 2. The van der Waals surface area contributed by atoms with Crippen LogP contribution in [0.25, 0.3) is 21.7 Å². The zero-order valence-corrected chi connectivity index (χ0v) is 30.3. The number of nitrogens with one attached hydrogen (secondary N) is 1. The van der Waals surface area contributed by atoms with Gasteiger partial charge in [0.2, 0.25) is 11.9 Å². The van der Waals surface area contributed by atoms with Crippen molar-refractivity contribution >= 4 is 39.3 Å². The summed E-state index contributed by atoms with van der Waals surface area (Å²) in [5.41, 5.74) is 8.14. The second kappa shape index (κ2) is 18.2. The van der Waals surface area contributed by atoms with Crippen LogP contribution in [0.1, 0.15) is 37.3 Å². The monoisotopic (exact) mass is 694 g/mol. The number of amides is 1. The third kappa shape index (κ3) is 9.77. The Kier molecular flexibility index (Phi) is 13.3. The summed E-state index contributed by atoms with van der Waals surface area (Å²) in [6.07, 6.45) is 3.15. The molecule has 4 aromatic carbocycles. The van der Waals surface area contributed by atoms with Crippen LogP contribution >= 0.6 is 0 Å². The van der Waals surface area contributed by atoms with Gasteiger partial charge in [-0.15, -0.1) is 0 Å². The van der Waals surface area contributed by atoms with Crippen molar-refractivity contribution in [2.24, 2.45) is 0 Å². The first-order valence-electron chi connectivity index (χ1n) is 17.4. The maximum absolute atomic E-state index is 12.0. The van der Waals surface area contributed by atoms with Crippen LogP contribution in [-0.2, 0) is 9.53 Å². The molecule has 1 unspecified atom stereocenters. The predicted molar refractivity (Wildman–Crippen MR) is 204 cm³/mol. The molecule has 6 rings (SSSR count). The van der Waals surface area contributed by atoms with Gasteiger partial charge in [0.1, 0.15) is 17.7 Å². The summed E-state index contributed by atoms with van der Waals surface area (Å²) in [5.74, 6) is 2.98. The molecule has 5 aromatic rings. The highest BCUT2D eigenvalue weighted by atomic mass is 16.5. The smallest absolute Gasteiger partial charge is 0.249 e. The molecule has 270 valence electrons. The third-order valence-electron chi connectivity index (χ3n) is 8.96. The fourth-order valence-electron chi connectivity index (χ4n) is 6.16. The Balaban J connectivity index is 0.000000201. The predicted octanol–water partition coefficient (Wildman–Crippen LogP) is 6.26. The summed E-state index contributed by atoms with van der Waals surface area (Å²) < 4.78 is 22.1. The fraction of sp³-hybridized carbons (Fsp3) is 0.375. The molecule has 1 fully saturated rings. The molecule has 1 saturated heterocycles. The van der Waals surface area contributed by atoms with Crippen LogP contribution < -0.4 is 30.2 Å². The van der Waals surface area contributed by atoms with Gasteiger partial charge in [0, 0.05) is 56.0 Å². The lowest BCUT2D eigenvalue weighted by atomic mass is 10.0. The molecule has 11 nitrogen and oxygen atoms in total. The topological polar surface area (TPSA) is 124 Å². The second-order valence-electron chi connectivity index (χ2n) is 12.7. The van der Waals surface area contributed by atoms with E-state index in [-0.39, 0.29) is 12.0 Å². The van der Waals surface area contributed by atoms with E-state index in [1.807, 2.05) is 11.9 Å². The van der Waals surface area contributed by atoms with Gasteiger partial charge in [-0.2, -0.15) is 4.98 Å². The number of nitrogens with zero attached hydrogens (tertiary/aromatic N) is 4. The molecule has 0 aliphatic carbocycles. The molecule has 0 radical (unpaired) electrons. The number of fused-ring (bicyclic) bond motifs is 2. The van der Waals surface area contributed by atoms with Crippen LogP contribution in [0.2, 0.25) is 0 Å². The van der Waals surface area contributed by atoms with Crippen LogP contribution in [0.4, 0.5) is 11.8 Å². The van der Waals surface area contributed by atoms with Gasteiger partial charge in [-0.3, -0.25) is 4.79 Å². The van der Waals surface area contributed by atoms with E-state index < -0.39 is 0 Å². The van der Waals surface area contributed by atoms with E-state index in [2.05, 4.69) is 107 Å². The number of nitrogens with two attached hydrogens (primary N) is 1. The normalized spacial score (nSPS) is 14.5. The largest absolute Gasteiger partial charge is 0.493 e. The zero-order chi connectivity index (χ0) is 36.2. The first kappa shape index (κ1) is 37.1. The molecule has 51 heavy (non-hydrogen) atoms. The van der Waals surface area contributed by atoms with Gasteiger partial charge in [-0.1, -0.05) is 66.7 Å². The van der Waals surface area contributed by atoms with E-state index in [1.54, 1.807) is 26.4 Å². The van der Waals surface area contributed by atoms with Crippen molar-refractivity contribution in [2.75, 3.05) is 72.3 Å². The van der Waals surface area contributed by atoms with Crippen molar-refractivity contribution in [3.8, 4) is 17.2 Å². The molecule has 0 bridgehead atoms.